The predicted octanol–water partition coefficient (Wildman–Crippen LogP) is 2.47. The van der Waals surface area contributed by atoms with E-state index >= 15 is 0 Å². The normalized spacial score (nSPS) is 11.5. The van der Waals surface area contributed by atoms with E-state index in [0.717, 1.165) is 0 Å². The van der Waals surface area contributed by atoms with Crippen LogP contribution < -0.4 is 10.1 Å². The number of aromatic nitrogens is 1. The Morgan fingerprint density at radius 1 is 1.21 bits per heavy atom. The van der Waals surface area contributed by atoms with Gasteiger partial charge >= 0.3 is 0 Å². The SMILES string of the molecule is CCN(C)C(=O)C(C)NC(=O)c1cc(Oc2ccccc2)ccn1. The first kappa shape index (κ1) is 17.5. The van der Waals surface area contributed by atoms with Crippen molar-refractivity contribution in [2.24, 2.45) is 0 Å². The quantitative estimate of drug-likeness (QED) is 0.885. The molecule has 0 bridgehead atoms. The molecule has 0 saturated heterocycles. The number of amides is 2. The largest absolute Gasteiger partial charge is 0.457 e. The van der Waals surface area contributed by atoms with Crippen LogP contribution in [0.25, 0.3) is 0 Å². The van der Waals surface area contributed by atoms with Crippen LogP contribution in [0.3, 0.4) is 0 Å². The number of pyridine rings is 1. The summed E-state index contributed by atoms with van der Waals surface area (Å²) >= 11 is 0. The van der Waals surface area contributed by atoms with E-state index < -0.39 is 11.9 Å². The summed E-state index contributed by atoms with van der Waals surface area (Å²) in [4.78, 5) is 29.9. The number of carbonyl (C=O) groups is 2. The molecule has 6 heteroatoms. The second-order valence-electron chi connectivity index (χ2n) is 5.34. The summed E-state index contributed by atoms with van der Waals surface area (Å²) in [7, 11) is 1.69. The number of hydrogen-bond donors (Lipinski definition) is 1. The predicted molar refractivity (Wildman–Crippen MR) is 91.0 cm³/mol. The lowest BCUT2D eigenvalue weighted by atomic mass is 10.2. The number of benzene rings is 1. The van der Waals surface area contributed by atoms with Crippen LogP contribution in [0.2, 0.25) is 0 Å². The van der Waals surface area contributed by atoms with Gasteiger partial charge in [-0.15, -0.1) is 0 Å². The molecule has 1 heterocycles. The molecule has 6 nitrogen and oxygen atoms in total. The maximum absolute atomic E-state index is 12.3. The van der Waals surface area contributed by atoms with Crippen molar-refractivity contribution < 1.29 is 14.3 Å². The standard InChI is InChI=1S/C18H21N3O3/c1-4-21(3)18(23)13(2)20-17(22)16-12-15(10-11-19-16)24-14-8-6-5-7-9-14/h5-13H,4H2,1-3H3,(H,20,22). The summed E-state index contributed by atoms with van der Waals surface area (Å²) in [6.07, 6.45) is 1.50. The van der Waals surface area contributed by atoms with E-state index in [1.165, 1.54) is 6.20 Å². The highest BCUT2D eigenvalue weighted by atomic mass is 16.5. The minimum absolute atomic E-state index is 0.150. The Morgan fingerprint density at radius 3 is 2.58 bits per heavy atom. The Labute approximate surface area is 141 Å². The first-order chi connectivity index (χ1) is 11.5. The van der Waals surface area contributed by atoms with Gasteiger partial charge in [-0.3, -0.25) is 14.6 Å². The molecule has 1 unspecified atom stereocenters. The fourth-order valence-electron chi connectivity index (χ4n) is 2.04. The van der Waals surface area contributed by atoms with Gasteiger partial charge in [0.1, 0.15) is 23.2 Å². The van der Waals surface area contributed by atoms with E-state index in [4.69, 9.17) is 4.74 Å². The highest BCUT2D eigenvalue weighted by molar-refractivity contribution is 5.96. The maximum atomic E-state index is 12.3. The molecule has 2 aromatic rings. The Morgan fingerprint density at radius 2 is 1.92 bits per heavy atom. The van der Waals surface area contributed by atoms with Crippen molar-refractivity contribution in [3.63, 3.8) is 0 Å². The molecule has 0 aliphatic rings. The van der Waals surface area contributed by atoms with E-state index in [0.29, 0.717) is 18.0 Å². The summed E-state index contributed by atoms with van der Waals surface area (Å²) < 4.78 is 5.68. The lowest BCUT2D eigenvalue weighted by molar-refractivity contribution is -0.131. The number of likely N-dealkylation sites (N-methyl/N-ethyl adjacent to an activating group) is 1. The maximum Gasteiger partial charge on any atom is 0.270 e. The number of ether oxygens (including phenoxy) is 1. The molecule has 0 spiro atoms. The molecule has 126 valence electrons. The van der Waals surface area contributed by atoms with Crippen molar-refractivity contribution in [3.05, 3.63) is 54.4 Å². The Balaban J connectivity index is 2.05. The van der Waals surface area contributed by atoms with Crippen LogP contribution >= 0.6 is 0 Å². The van der Waals surface area contributed by atoms with E-state index in [2.05, 4.69) is 10.3 Å². The highest BCUT2D eigenvalue weighted by Crippen LogP contribution is 2.20. The Bertz CT molecular complexity index is 704. The number of carbonyl (C=O) groups excluding carboxylic acids is 2. The van der Waals surface area contributed by atoms with Gasteiger partial charge in [0.2, 0.25) is 5.91 Å². The van der Waals surface area contributed by atoms with Gasteiger partial charge in [0.25, 0.3) is 5.91 Å². The molecule has 2 amide bonds. The molecule has 0 aliphatic carbocycles. The monoisotopic (exact) mass is 327 g/mol. The van der Waals surface area contributed by atoms with Gasteiger partial charge in [-0.1, -0.05) is 18.2 Å². The Hall–Kier alpha value is -2.89. The molecule has 0 saturated carbocycles. The highest BCUT2D eigenvalue weighted by Gasteiger charge is 2.20. The van der Waals surface area contributed by atoms with Crippen molar-refractivity contribution in [3.8, 4) is 11.5 Å². The van der Waals surface area contributed by atoms with Crippen LogP contribution in [0.4, 0.5) is 0 Å². The van der Waals surface area contributed by atoms with Crippen LogP contribution in [0.15, 0.2) is 48.7 Å². The van der Waals surface area contributed by atoms with E-state index in [1.54, 1.807) is 31.0 Å². The zero-order valence-corrected chi connectivity index (χ0v) is 14.0. The van der Waals surface area contributed by atoms with Crippen LogP contribution in [-0.4, -0.2) is 41.3 Å². The third kappa shape index (κ3) is 4.55. The third-order valence-corrected chi connectivity index (χ3v) is 3.51. The minimum Gasteiger partial charge on any atom is -0.457 e. The fourth-order valence-corrected chi connectivity index (χ4v) is 2.04. The first-order valence-corrected chi connectivity index (χ1v) is 7.76. The second kappa shape index (κ2) is 8.10. The van der Waals surface area contributed by atoms with Crippen LogP contribution in [-0.2, 0) is 4.79 Å². The number of para-hydroxylation sites is 1. The van der Waals surface area contributed by atoms with E-state index in [-0.39, 0.29) is 11.6 Å². The number of rotatable bonds is 6. The van der Waals surface area contributed by atoms with Crippen molar-refractivity contribution in [1.82, 2.24) is 15.2 Å². The molecule has 1 atom stereocenters. The van der Waals surface area contributed by atoms with Gasteiger partial charge < -0.3 is 15.0 Å². The van der Waals surface area contributed by atoms with E-state index in [9.17, 15) is 9.59 Å². The van der Waals surface area contributed by atoms with Crippen molar-refractivity contribution in [1.29, 1.82) is 0 Å². The molecule has 2 rings (SSSR count). The second-order valence-corrected chi connectivity index (χ2v) is 5.34. The van der Waals surface area contributed by atoms with E-state index in [1.807, 2.05) is 37.3 Å². The van der Waals surface area contributed by atoms with Crippen LogP contribution in [0, 0.1) is 0 Å². The zero-order chi connectivity index (χ0) is 17.5. The molecule has 0 aliphatic heterocycles. The fraction of sp³-hybridized carbons (Fsp3) is 0.278. The number of nitrogens with one attached hydrogen (secondary N) is 1. The smallest absolute Gasteiger partial charge is 0.270 e. The molecule has 24 heavy (non-hydrogen) atoms. The average Bonchev–Trinajstić information content (AvgIpc) is 2.61. The van der Waals surface area contributed by atoms with Crippen LogP contribution in [0.1, 0.15) is 24.3 Å². The van der Waals surface area contributed by atoms with Gasteiger partial charge in [-0.25, -0.2) is 0 Å². The summed E-state index contributed by atoms with van der Waals surface area (Å²) in [5, 5.41) is 2.65. The Kier molecular flexibility index (Phi) is 5.89. The molecule has 0 fully saturated rings. The lowest BCUT2D eigenvalue weighted by Gasteiger charge is -2.20. The van der Waals surface area contributed by atoms with Gasteiger partial charge in [-0.2, -0.15) is 0 Å². The van der Waals surface area contributed by atoms with Crippen molar-refractivity contribution in [2.75, 3.05) is 13.6 Å². The summed E-state index contributed by atoms with van der Waals surface area (Å²) in [6.45, 7) is 4.10. The lowest BCUT2D eigenvalue weighted by Crippen LogP contribution is -2.45. The molecule has 1 N–H and O–H groups in total. The molecular weight excluding hydrogens is 306 g/mol. The summed E-state index contributed by atoms with van der Waals surface area (Å²) in [5.74, 6) is 0.607. The number of nitrogens with zero attached hydrogens (tertiary/aromatic N) is 2. The van der Waals surface area contributed by atoms with Crippen LogP contribution in [0.5, 0.6) is 11.5 Å². The molecule has 0 radical (unpaired) electrons. The molecule has 1 aromatic heterocycles. The average molecular weight is 327 g/mol. The van der Waals surface area contributed by atoms with Gasteiger partial charge in [0.15, 0.2) is 0 Å². The van der Waals surface area contributed by atoms with Gasteiger partial charge in [-0.05, 0) is 32.0 Å². The zero-order valence-electron chi connectivity index (χ0n) is 14.0. The minimum atomic E-state index is -0.622. The van der Waals surface area contributed by atoms with Gasteiger partial charge in [0.05, 0.1) is 0 Å². The summed E-state index contributed by atoms with van der Waals surface area (Å²) in [6, 6.07) is 11.9. The molecule has 1 aromatic carbocycles. The van der Waals surface area contributed by atoms with Crippen molar-refractivity contribution >= 4 is 11.8 Å². The first-order valence-electron chi connectivity index (χ1n) is 7.76. The third-order valence-electron chi connectivity index (χ3n) is 3.51. The summed E-state index contributed by atoms with van der Waals surface area (Å²) in [5.41, 5.74) is 0.197. The van der Waals surface area contributed by atoms with Crippen molar-refractivity contribution in [2.45, 2.75) is 19.9 Å². The van der Waals surface area contributed by atoms with Gasteiger partial charge in [0, 0.05) is 25.9 Å². The number of hydrogen-bond acceptors (Lipinski definition) is 4. The molecular formula is C18H21N3O3. The topological polar surface area (TPSA) is 71.5 Å².